The highest BCUT2D eigenvalue weighted by Crippen LogP contribution is 2.11. The molecule has 0 aliphatic rings. The van der Waals surface area contributed by atoms with Crippen molar-refractivity contribution in [1.82, 2.24) is 10.2 Å². The number of carbonyl (C=O) groups is 1. The van der Waals surface area contributed by atoms with Gasteiger partial charge in [0, 0.05) is 26.8 Å². The van der Waals surface area contributed by atoms with Crippen molar-refractivity contribution < 1.29 is 9.53 Å². The summed E-state index contributed by atoms with van der Waals surface area (Å²) in [7, 11) is 5.03. The van der Waals surface area contributed by atoms with Crippen molar-refractivity contribution in [2.75, 3.05) is 27.8 Å². The maximum Gasteiger partial charge on any atom is 0.232 e. The fraction of sp³-hybridized carbons (Fsp3) is 0.800. The third-order valence-corrected chi connectivity index (χ3v) is 2.55. The second kappa shape index (κ2) is 7.36. The Morgan fingerprint density at radius 2 is 2.27 bits per heavy atom. The number of nitrogens with one attached hydrogen (secondary N) is 2. The molecule has 5 heteroatoms. The smallest absolute Gasteiger partial charge is 0.232 e. The summed E-state index contributed by atoms with van der Waals surface area (Å²) < 4.78 is 4.97. The van der Waals surface area contributed by atoms with Crippen LogP contribution >= 0.6 is 0 Å². The van der Waals surface area contributed by atoms with Crippen LogP contribution in [0.4, 0.5) is 0 Å². The number of rotatable bonds is 7. The lowest BCUT2D eigenvalue weighted by Gasteiger charge is -2.25. The molecule has 0 spiro atoms. The first-order valence-electron chi connectivity index (χ1n) is 5.02. The fourth-order valence-electron chi connectivity index (χ4n) is 1.36. The van der Waals surface area contributed by atoms with E-state index in [1.54, 1.807) is 14.2 Å². The Labute approximate surface area is 91.3 Å². The van der Waals surface area contributed by atoms with Crippen LogP contribution in [0.1, 0.15) is 13.3 Å². The molecule has 0 bridgehead atoms. The molecule has 2 atom stereocenters. The number of nitrogens with zero attached hydrogens (tertiary/aromatic N) is 1. The van der Waals surface area contributed by atoms with Crippen LogP contribution in [0, 0.1) is 11.3 Å². The summed E-state index contributed by atoms with van der Waals surface area (Å²) in [5.41, 5.74) is 0. The lowest BCUT2D eigenvalue weighted by molar-refractivity contribution is -0.131. The SMILES string of the molecule is CNC(C)C(CCOC)C(=O)N(C)C=N. The molecule has 88 valence electrons. The van der Waals surface area contributed by atoms with Crippen LogP contribution in [0.5, 0.6) is 0 Å². The Morgan fingerprint density at radius 3 is 2.67 bits per heavy atom. The molecule has 0 saturated carbocycles. The monoisotopic (exact) mass is 215 g/mol. The highest BCUT2D eigenvalue weighted by molar-refractivity contribution is 5.88. The molecule has 1 amide bonds. The number of methoxy groups -OCH3 is 1. The Balaban J connectivity index is 4.46. The van der Waals surface area contributed by atoms with E-state index in [-0.39, 0.29) is 17.9 Å². The van der Waals surface area contributed by atoms with Gasteiger partial charge in [0.2, 0.25) is 5.91 Å². The first-order chi connectivity index (χ1) is 7.08. The zero-order valence-corrected chi connectivity index (χ0v) is 9.91. The first-order valence-corrected chi connectivity index (χ1v) is 5.02. The molecule has 0 aliphatic carbocycles. The molecule has 5 nitrogen and oxygen atoms in total. The molecule has 2 N–H and O–H groups in total. The van der Waals surface area contributed by atoms with Crippen molar-refractivity contribution >= 4 is 12.2 Å². The molecule has 2 unspecified atom stereocenters. The minimum Gasteiger partial charge on any atom is -0.385 e. The van der Waals surface area contributed by atoms with Gasteiger partial charge in [0.15, 0.2) is 0 Å². The molecular formula is C10H21N3O2. The van der Waals surface area contributed by atoms with E-state index >= 15 is 0 Å². The standard InChI is InChI=1S/C10H21N3O2/c1-8(12-2)9(5-6-15-4)10(14)13(3)7-11/h7-9,11-12H,5-6H2,1-4H3. The van der Waals surface area contributed by atoms with Gasteiger partial charge in [-0.2, -0.15) is 0 Å². The lowest BCUT2D eigenvalue weighted by atomic mass is 9.96. The van der Waals surface area contributed by atoms with Crippen LogP contribution in [0.3, 0.4) is 0 Å². The summed E-state index contributed by atoms with van der Waals surface area (Å²) >= 11 is 0. The number of amides is 1. The van der Waals surface area contributed by atoms with Gasteiger partial charge < -0.3 is 15.0 Å². The molecule has 0 saturated heterocycles. The van der Waals surface area contributed by atoms with Crippen molar-refractivity contribution in [2.45, 2.75) is 19.4 Å². The fourth-order valence-corrected chi connectivity index (χ4v) is 1.36. The average Bonchev–Trinajstić information content (AvgIpc) is 2.27. The van der Waals surface area contributed by atoms with E-state index < -0.39 is 0 Å². The van der Waals surface area contributed by atoms with Crippen molar-refractivity contribution in [3.8, 4) is 0 Å². The predicted molar refractivity (Wildman–Crippen MR) is 60.1 cm³/mol. The number of ether oxygens (including phenoxy) is 1. The minimum absolute atomic E-state index is 0.0519. The van der Waals surface area contributed by atoms with Gasteiger partial charge in [-0.3, -0.25) is 10.2 Å². The van der Waals surface area contributed by atoms with Crippen molar-refractivity contribution in [2.24, 2.45) is 5.92 Å². The van der Waals surface area contributed by atoms with Gasteiger partial charge in [-0.1, -0.05) is 0 Å². The van der Waals surface area contributed by atoms with E-state index in [0.29, 0.717) is 13.0 Å². The maximum absolute atomic E-state index is 11.9. The third kappa shape index (κ3) is 4.40. The van der Waals surface area contributed by atoms with Crippen LogP contribution in [0.2, 0.25) is 0 Å². The average molecular weight is 215 g/mol. The normalized spacial score (nSPS) is 14.4. The lowest BCUT2D eigenvalue weighted by Crippen LogP contribution is -2.42. The molecule has 0 heterocycles. The van der Waals surface area contributed by atoms with Crippen LogP contribution in [-0.4, -0.2) is 51.0 Å². The van der Waals surface area contributed by atoms with Gasteiger partial charge in [-0.25, -0.2) is 0 Å². The van der Waals surface area contributed by atoms with E-state index in [2.05, 4.69) is 5.32 Å². The summed E-state index contributed by atoms with van der Waals surface area (Å²) in [6.45, 7) is 2.50. The molecule has 0 aromatic rings. The zero-order chi connectivity index (χ0) is 11.8. The number of hydrogen-bond donors (Lipinski definition) is 2. The highest BCUT2D eigenvalue weighted by Gasteiger charge is 2.25. The minimum atomic E-state index is -0.151. The molecule has 0 aliphatic heterocycles. The highest BCUT2D eigenvalue weighted by atomic mass is 16.5. The molecule has 0 rings (SSSR count). The Morgan fingerprint density at radius 1 is 1.67 bits per heavy atom. The van der Waals surface area contributed by atoms with Gasteiger partial charge in [-0.05, 0) is 20.4 Å². The topological polar surface area (TPSA) is 65.4 Å². The molecular weight excluding hydrogens is 194 g/mol. The maximum atomic E-state index is 11.9. The second-order valence-electron chi connectivity index (χ2n) is 3.54. The molecule has 0 aromatic carbocycles. The first kappa shape index (κ1) is 14.1. The predicted octanol–water partition coefficient (Wildman–Crippen LogP) is 0.312. The summed E-state index contributed by atoms with van der Waals surface area (Å²) in [6, 6.07) is 0.0787. The molecule has 0 radical (unpaired) electrons. The molecule has 0 fully saturated rings. The van der Waals surface area contributed by atoms with Crippen LogP contribution < -0.4 is 5.32 Å². The van der Waals surface area contributed by atoms with Gasteiger partial charge >= 0.3 is 0 Å². The van der Waals surface area contributed by atoms with Crippen LogP contribution in [-0.2, 0) is 9.53 Å². The number of hydrogen-bond acceptors (Lipinski definition) is 4. The largest absolute Gasteiger partial charge is 0.385 e. The van der Waals surface area contributed by atoms with E-state index in [4.69, 9.17) is 10.1 Å². The molecule has 0 aromatic heterocycles. The van der Waals surface area contributed by atoms with E-state index in [9.17, 15) is 4.79 Å². The van der Waals surface area contributed by atoms with Crippen LogP contribution in [0.25, 0.3) is 0 Å². The summed E-state index contributed by atoms with van der Waals surface area (Å²) in [5, 5.41) is 10.1. The summed E-state index contributed by atoms with van der Waals surface area (Å²) in [4.78, 5) is 13.2. The van der Waals surface area contributed by atoms with Crippen molar-refractivity contribution in [1.29, 1.82) is 5.41 Å². The number of carbonyl (C=O) groups excluding carboxylic acids is 1. The van der Waals surface area contributed by atoms with Crippen LogP contribution in [0.15, 0.2) is 0 Å². The van der Waals surface area contributed by atoms with Crippen molar-refractivity contribution in [3.63, 3.8) is 0 Å². The summed E-state index contributed by atoms with van der Waals surface area (Å²) in [5.74, 6) is -0.203. The van der Waals surface area contributed by atoms with Crippen molar-refractivity contribution in [3.05, 3.63) is 0 Å². The Kier molecular flexibility index (Phi) is 6.90. The Hall–Kier alpha value is -0.940. The van der Waals surface area contributed by atoms with E-state index in [0.717, 1.165) is 6.34 Å². The van der Waals surface area contributed by atoms with Gasteiger partial charge in [-0.15, -0.1) is 0 Å². The molecule has 15 heavy (non-hydrogen) atoms. The second-order valence-corrected chi connectivity index (χ2v) is 3.54. The van der Waals surface area contributed by atoms with E-state index in [1.807, 2.05) is 14.0 Å². The third-order valence-electron chi connectivity index (χ3n) is 2.55. The van der Waals surface area contributed by atoms with Gasteiger partial charge in [0.25, 0.3) is 0 Å². The van der Waals surface area contributed by atoms with Gasteiger partial charge in [0.1, 0.15) is 0 Å². The zero-order valence-electron chi connectivity index (χ0n) is 9.91. The Bertz CT molecular complexity index is 209. The summed E-state index contributed by atoms with van der Waals surface area (Å²) in [6.07, 6.45) is 1.69. The van der Waals surface area contributed by atoms with Gasteiger partial charge in [0.05, 0.1) is 12.3 Å². The van der Waals surface area contributed by atoms with E-state index in [1.165, 1.54) is 4.90 Å². The quantitative estimate of drug-likeness (QED) is 0.474.